The summed E-state index contributed by atoms with van der Waals surface area (Å²) in [6.07, 6.45) is 0. The molecule has 82 valence electrons. The van der Waals surface area contributed by atoms with Crippen LogP contribution >= 0.6 is 11.6 Å². The number of aliphatic hydroxyl groups excluding tert-OH is 1. The molecule has 0 spiro atoms. The first kappa shape index (κ1) is 11.8. The molecule has 5 nitrogen and oxygen atoms in total. The van der Waals surface area contributed by atoms with Crippen molar-refractivity contribution in [3.8, 4) is 0 Å². The number of carboxylic acids is 1. The number of rotatable bonds is 3. The maximum Gasteiger partial charge on any atom is 0.325 e. The molecule has 0 fully saturated rings. The first-order valence-electron chi connectivity index (χ1n) is 4.15. The molecule has 1 atom stereocenters. The maximum absolute atomic E-state index is 10.7. The van der Waals surface area contributed by atoms with Gasteiger partial charge in [0.25, 0.3) is 0 Å². The van der Waals surface area contributed by atoms with Crippen molar-refractivity contribution in [1.29, 1.82) is 0 Å². The van der Waals surface area contributed by atoms with Crippen LogP contribution in [0.4, 0.5) is 5.69 Å². The highest BCUT2D eigenvalue weighted by atomic mass is 35.5. The van der Waals surface area contributed by atoms with Gasteiger partial charge in [-0.1, -0.05) is 17.7 Å². The minimum Gasteiger partial charge on any atom is -0.480 e. The molecule has 0 heterocycles. The highest BCUT2D eigenvalue weighted by Gasteiger charge is 2.21. The van der Waals surface area contributed by atoms with Crippen molar-refractivity contribution < 1.29 is 15.0 Å². The standard InChI is InChI=1S/C9H11ClN2O3/c10-5-2-1-4(3-13)6(7(5)11)8(12)9(14)15/h1-2,8,13H,3,11-12H2,(H,14,15)/t8-/m0/s1. The van der Waals surface area contributed by atoms with Crippen molar-refractivity contribution in [2.75, 3.05) is 5.73 Å². The number of carboxylic acid groups (broad SMARTS) is 1. The molecule has 1 aromatic carbocycles. The number of benzene rings is 1. The maximum atomic E-state index is 10.7. The van der Waals surface area contributed by atoms with Crippen LogP contribution in [-0.2, 0) is 11.4 Å². The molecule has 0 aliphatic carbocycles. The molecule has 1 rings (SSSR count). The fraction of sp³-hybridized carbons (Fsp3) is 0.222. The number of nitrogen functional groups attached to an aromatic ring is 1. The zero-order chi connectivity index (χ0) is 11.6. The summed E-state index contributed by atoms with van der Waals surface area (Å²) < 4.78 is 0. The van der Waals surface area contributed by atoms with Crippen molar-refractivity contribution in [3.05, 3.63) is 28.3 Å². The van der Waals surface area contributed by atoms with Gasteiger partial charge >= 0.3 is 5.97 Å². The Hall–Kier alpha value is -1.30. The van der Waals surface area contributed by atoms with E-state index < -0.39 is 12.0 Å². The smallest absolute Gasteiger partial charge is 0.325 e. The van der Waals surface area contributed by atoms with Crippen molar-refractivity contribution in [2.45, 2.75) is 12.6 Å². The largest absolute Gasteiger partial charge is 0.480 e. The Morgan fingerprint density at radius 1 is 1.53 bits per heavy atom. The minimum atomic E-state index is -1.29. The fourth-order valence-corrected chi connectivity index (χ4v) is 1.45. The molecule has 0 amide bonds. The number of carbonyl (C=O) groups is 1. The van der Waals surface area contributed by atoms with Crippen LogP contribution in [0, 0.1) is 0 Å². The second kappa shape index (κ2) is 4.48. The summed E-state index contributed by atoms with van der Waals surface area (Å²) in [7, 11) is 0. The van der Waals surface area contributed by atoms with Crippen LogP contribution in [0.25, 0.3) is 0 Å². The number of aliphatic carboxylic acids is 1. The summed E-state index contributed by atoms with van der Waals surface area (Å²) in [5.74, 6) is -1.22. The molecular weight excluding hydrogens is 220 g/mol. The molecule has 0 aromatic heterocycles. The molecule has 6 N–H and O–H groups in total. The number of aliphatic hydroxyl groups is 1. The Kier molecular flexibility index (Phi) is 3.52. The van der Waals surface area contributed by atoms with Crippen LogP contribution in [0.3, 0.4) is 0 Å². The third-order valence-electron chi connectivity index (χ3n) is 2.07. The molecule has 1 aromatic rings. The second-order valence-corrected chi connectivity index (χ2v) is 3.42. The molecule has 0 unspecified atom stereocenters. The lowest BCUT2D eigenvalue weighted by molar-refractivity contribution is -0.138. The second-order valence-electron chi connectivity index (χ2n) is 3.01. The average molecular weight is 231 g/mol. The summed E-state index contributed by atoms with van der Waals surface area (Å²) in [4.78, 5) is 10.7. The Bertz CT molecular complexity index is 395. The van der Waals surface area contributed by atoms with E-state index in [0.717, 1.165) is 0 Å². The van der Waals surface area contributed by atoms with Crippen LogP contribution in [0.1, 0.15) is 17.2 Å². The first-order valence-corrected chi connectivity index (χ1v) is 4.52. The lowest BCUT2D eigenvalue weighted by Gasteiger charge is -2.15. The predicted molar refractivity (Wildman–Crippen MR) is 56.4 cm³/mol. The van der Waals surface area contributed by atoms with Gasteiger partial charge in [0.15, 0.2) is 0 Å². The Morgan fingerprint density at radius 2 is 2.13 bits per heavy atom. The van der Waals surface area contributed by atoms with Gasteiger partial charge in [-0.25, -0.2) is 0 Å². The molecule has 0 saturated carbocycles. The lowest BCUT2D eigenvalue weighted by Crippen LogP contribution is -2.23. The van der Waals surface area contributed by atoms with Crippen molar-refractivity contribution in [2.24, 2.45) is 5.73 Å². The third kappa shape index (κ3) is 2.20. The molecule has 0 saturated heterocycles. The number of hydrogen-bond acceptors (Lipinski definition) is 4. The van der Waals surface area contributed by atoms with E-state index in [4.69, 9.17) is 33.3 Å². The predicted octanol–water partition coefficient (Wildman–Crippen LogP) is 0.499. The molecule has 0 aliphatic heterocycles. The molecular formula is C9H11ClN2O3. The normalized spacial score (nSPS) is 12.5. The topological polar surface area (TPSA) is 110 Å². The van der Waals surface area contributed by atoms with Gasteiger partial charge in [-0.15, -0.1) is 0 Å². The van der Waals surface area contributed by atoms with Gasteiger partial charge < -0.3 is 21.7 Å². The quantitative estimate of drug-likeness (QED) is 0.566. The molecule has 15 heavy (non-hydrogen) atoms. The first-order chi connectivity index (χ1) is 6.99. The van der Waals surface area contributed by atoms with Crippen LogP contribution in [0.15, 0.2) is 12.1 Å². The molecule has 0 radical (unpaired) electrons. The van der Waals surface area contributed by atoms with E-state index in [1.165, 1.54) is 12.1 Å². The van der Waals surface area contributed by atoms with E-state index >= 15 is 0 Å². The van der Waals surface area contributed by atoms with Crippen molar-refractivity contribution in [3.63, 3.8) is 0 Å². The van der Waals surface area contributed by atoms with E-state index in [9.17, 15) is 4.79 Å². The summed E-state index contributed by atoms with van der Waals surface area (Å²) in [6, 6.07) is 1.70. The van der Waals surface area contributed by atoms with Crippen molar-refractivity contribution in [1.82, 2.24) is 0 Å². The monoisotopic (exact) mass is 230 g/mol. The minimum absolute atomic E-state index is 0.0955. The number of nitrogens with two attached hydrogens (primary N) is 2. The van der Waals surface area contributed by atoms with E-state index in [0.29, 0.717) is 5.56 Å². The Labute approximate surface area is 91.3 Å². The highest BCUT2D eigenvalue weighted by molar-refractivity contribution is 6.33. The zero-order valence-corrected chi connectivity index (χ0v) is 8.53. The lowest BCUT2D eigenvalue weighted by atomic mass is 9.99. The van der Waals surface area contributed by atoms with Gasteiger partial charge in [-0.3, -0.25) is 4.79 Å². The Balaban J connectivity index is 3.35. The van der Waals surface area contributed by atoms with Gasteiger partial charge in [0.05, 0.1) is 17.3 Å². The van der Waals surface area contributed by atoms with E-state index in [-0.39, 0.29) is 22.9 Å². The molecule has 0 bridgehead atoms. The van der Waals surface area contributed by atoms with E-state index in [1.54, 1.807) is 0 Å². The van der Waals surface area contributed by atoms with Crippen LogP contribution in [-0.4, -0.2) is 16.2 Å². The van der Waals surface area contributed by atoms with Gasteiger partial charge in [0, 0.05) is 5.56 Å². The summed E-state index contributed by atoms with van der Waals surface area (Å²) >= 11 is 5.74. The highest BCUT2D eigenvalue weighted by Crippen LogP contribution is 2.30. The molecule has 0 aliphatic rings. The SMILES string of the molecule is Nc1c(Cl)ccc(CO)c1[C@H](N)C(=O)O. The van der Waals surface area contributed by atoms with Crippen LogP contribution < -0.4 is 11.5 Å². The van der Waals surface area contributed by atoms with Gasteiger partial charge in [-0.2, -0.15) is 0 Å². The summed E-state index contributed by atoms with van der Waals surface area (Å²) in [6.45, 7) is -0.336. The van der Waals surface area contributed by atoms with Gasteiger partial charge in [0.2, 0.25) is 0 Å². The van der Waals surface area contributed by atoms with E-state index in [1.807, 2.05) is 0 Å². The van der Waals surface area contributed by atoms with Crippen molar-refractivity contribution >= 4 is 23.3 Å². The van der Waals surface area contributed by atoms with E-state index in [2.05, 4.69) is 0 Å². The number of anilines is 1. The van der Waals surface area contributed by atoms with Gasteiger partial charge in [0.1, 0.15) is 6.04 Å². The van der Waals surface area contributed by atoms with Crippen LogP contribution in [0.2, 0.25) is 5.02 Å². The zero-order valence-electron chi connectivity index (χ0n) is 7.77. The third-order valence-corrected chi connectivity index (χ3v) is 2.40. The average Bonchev–Trinajstić information content (AvgIpc) is 2.20. The summed E-state index contributed by atoms with van der Waals surface area (Å²) in [5, 5.41) is 18.0. The fourth-order valence-electron chi connectivity index (χ4n) is 1.28. The number of halogens is 1. The number of hydrogen-bond donors (Lipinski definition) is 4. The van der Waals surface area contributed by atoms with Gasteiger partial charge in [-0.05, 0) is 11.6 Å². The summed E-state index contributed by atoms with van der Waals surface area (Å²) in [5.41, 5.74) is 11.7. The molecule has 6 heteroatoms. The Morgan fingerprint density at radius 3 is 2.60 bits per heavy atom. The van der Waals surface area contributed by atoms with Crippen LogP contribution in [0.5, 0.6) is 0 Å².